The summed E-state index contributed by atoms with van der Waals surface area (Å²) in [6.45, 7) is 1.77. The molecule has 0 bridgehead atoms. The highest BCUT2D eigenvalue weighted by atomic mass is 16.3. The second kappa shape index (κ2) is 5.78. The van der Waals surface area contributed by atoms with Gasteiger partial charge in [0.1, 0.15) is 0 Å². The minimum atomic E-state index is -0.394. The molecule has 2 heteroatoms. The maximum atomic E-state index is 9.75. The van der Waals surface area contributed by atoms with Gasteiger partial charge in [0.15, 0.2) is 0 Å². The maximum absolute atomic E-state index is 9.75. The fraction of sp³-hybridized carbons (Fsp3) is 0.500. The molecule has 0 radical (unpaired) electrons. The van der Waals surface area contributed by atoms with Gasteiger partial charge in [0.2, 0.25) is 0 Å². The van der Waals surface area contributed by atoms with Crippen molar-refractivity contribution in [2.24, 2.45) is 0 Å². The predicted octanol–water partition coefficient (Wildman–Crippen LogP) is 2.27. The van der Waals surface area contributed by atoms with Crippen molar-refractivity contribution in [3.63, 3.8) is 0 Å². The Morgan fingerprint density at radius 2 is 1.71 bits per heavy atom. The Balaban J connectivity index is 2.32. The Morgan fingerprint density at radius 1 is 1.07 bits per heavy atom. The first kappa shape index (κ1) is 11.2. The highest BCUT2D eigenvalue weighted by Gasteiger charge is 2.06. The lowest BCUT2D eigenvalue weighted by molar-refractivity contribution is 0.143. The van der Waals surface area contributed by atoms with Gasteiger partial charge in [0.25, 0.3) is 0 Å². The van der Waals surface area contributed by atoms with E-state index in [1.165, 1.54) is 0 Å². The van der Waals surface area contributed by atoms with Crippen LogP contribution in [-0.2, 0) is 0 Å². The van der Waals surface area contributed by atoms with Gasteiger partial charge in [0.05, 0.1) is 12.2 Å². The van der Waals surface area contributed by atoms with Crippen molar-refractivity contribution >= 4 is 0 Å². The Labute approximate surface area is 85.2 Å². The third kappa shape index (κ3) is 3.90. The van der Waals surface area contributed by atoms with Crippen LogP contribution < -0.4 is 0 Å². The molecule has 0 amide bonds. The Morgan fingerprint density at radius 3 is 2.29 bits per heavy atom. The van der Waals surface area contributed by atoms with E-state index in [0.29, 0.717) is 0 Å². The third-order valence-electron chi connectivity index (χ3n) is 2.28. The Kier molecular flexibility index (Phi) is 4.63. The lowest BCUT2D eigenvalue weighted by atomic mass is 10.0. The smallest absolute Gasteiger partial charge is 0.0790 e. The van der Waals surface area contributed by atoms with Gasteiger partial charge in [-0.2, -0.15) is 0 Å². The number of aliphatic hydroxyl groups is 2. The number of hydrogen-bond donors (Lipinski definition) is 2. The Bertz CT molecular complexity index is 244. The first-order chi connectivity index (χ1) is 6.70. The maximum Gasteiger partial charge on any atom is 0.0790 e. The van der Waals surface area contributed by atoms with Gasteiger partial charge in [-0.25, -0.2) is 0 Å². The van der Waals surface area contributed by atoms with Gasteiger partial charge in [-0.1, -0.05) is 30.3 Å². The van der Waals surface area contributed by atoms with Crippen LogP contribution in [0.1, 0.15) is 37.9 Å². The molecule has 0 aliphatic carbocycles. The molecule has 0 saturated carbocycles. The first-order valence-corrected chi connectivity index (χ1v) is 5.11. The molecule has 0 heterocycles. The van der Waals surface area contributed by atoms with E-state index in [1.54, 1.807) is 6.92 Å². The monoisotopic (exact) mass is 194 g/mol. The van der Waals surface area contributed by atoms with Crippen LogP contribution in [-0.4, -0.2) is 16.3 Å². The normalized spacial score (nSPS) is 15.1. The molecule has 78 valence electrons. The summed E-state index contributed by atoms with van der Waals surface area (Å²) in [5, 5.41) is 18.8. The SMILES string of the molecule is C[C@H](O)CCC[C@@H](O)c1ccccc1. The van der Waals surface area contributed by atoms with Gasteiger partial charge in [-0.15, -0.1) is 0 Å². The summed E-state index contributed by atoms with van der Waals surface area (Å²) in [6.07, 6.45) is 1.67. The van der Waals surface area contributed by atoms with Crippen LogP contribution in [0, 0.1) is 0 Å². The second-order valence-corrected chi connectivity index (χ2v) is 3.71. The van der Waals surface area contributed by atoms with Crippen LogP contribution in [0.25, 0.3) is 0 Å². The van der Waals surface area contributed by atoms with Gasteiger partial charge >= 0.3 is 0 Å². The van der Waals surface area contributed by atoms with Gasteiger partial charge in [-0.3, -0.25) is 0 Å². The highest BCUT2D eigenvalue weighted by Crippen LogP contribution is 2.18. The zero-order chi connectivity index (χ0) is 10.4. The lowest BCUT2D eigenvalue weighted by Gasteiger charge is -2.11. The number of hydrogen-bond acceptors (Lipinski definition) is 2. The predicted molar refractivity (Wildman–Crippen MR) is 56.9 cm³/mol. The van der Waals surface area contributed by atoms with Crippen molar-refractivity contribution in [2.75, 3.05) is 0 Å². The molecule has 1 rings (SSSR count). The van der Waals surface area contributed by atoms with E-state index < -0.39 is 6.10 Å². The van der Waals surface area contributed by atoms with Crippen molar-refractivity contribution in [3.8, 4) is 0 Å². The number of aliphatic hydroxyl groups excluding tert-OH is 2. The van der Waals surface area contributed by atoms with E-state index in [-0.39, 0.29) is 6.10 Å². The molecule has 14 heavy (non-hydrogen) atoms. The summed E-state index contributed by atoms with van der Waals surface area (Å²) >= 11 is 0. The largest absolute Gasteiger partial charge is 0.393 e. The number of benzene rings is 1. The summed E-state index contributed by atoms with van der Waals surface area (Å²) in [4.78, 5) is 0. The van der Waals surface area contributed by atoms with E-state index in [2.05, 4.69) is 0 Å². The quantitative estimate of drug-likeness (QED) is 0.755. The fourth-order valence-electron chi connectivity index (χ4n) is 1.45. The molecule has 1 aromatic rings. The minimum Gasteiger partial charge on any atom is -0.393 e. The van der Waals surface area contributed by atoms with Crippen LogP contribution in [0.5, 0.6) is 0 Å². The highest BCUT2D eigenvalue weighted by molar-refractivity contribution is 5.16. The molecule has 2 atom stereocenters. The van der Waals surface area contributed by atoms with Crippen molar-refractivity contribution in [3.05, 3.63) is 35.9 Å². The van der Waals surface area contributed by atoms with Gasteiger partial charge in [-0.05, 0) is 31.7 Å². The van der Waals surface area contributed by atoms with Crippen LogP contribution in [0.4, 0.5) is 0 Å². The molecule has 0 fully saturated rings. The van der Waals surface area contributed by atoms with Crippen LogP contribution in [0.3, 0.4) is 0 Å². The van der Waals surface area contributed by atoms with Crippen molar-refractivity contribution in [2.45, 2.75) is 38.4 Å². The summed E-state index contributed by atoms with van der Waals surface area (Å²) < 4.78 is 0. The summed E-state index contributed by atoms with van der Waals surface area (Å²) in [6, 6.07) is 9.63. The fourth-order valence-corrected chi connectivity index (χ4v) is 1.45. The van der Waals surface area contributed by atoms with Gasteiger partial charge in [0, 0.05) is 0 Å². The van der Waals surface area contributed by atoms with E-state index in [9.17, 15) is 5.11 Å². The average Bonchev–Trinajstić information content (AvgIpc) is 2.18. The third-order valence-corrected chi connectivity index (χ3v) is 2.28. The molecule has 2 N–H and O–H groups in total. The molecule has 0 spiro atoms. The van der Waals surface area contributed by atoms with E-state index in [0.717, 1.165) is 24.8 Å². The van der Waals surface area contributed by atoms with Gasteiger partial charge < -0.3 is 10.2 Å². The summed E-state index contributed by atoms with van der Waals surface area (Å²) in [7, 11) is 0. The summed E-state index contributed by atoms with van der Waals surface area (Å²) in [5.41, 5.74) is 0.957. The molecule has 0 unspecified atom stereocenters. The summed E-state index contributed by atoms with van der Waals surface area (Å²) in [5.74, 6) is 0. The molecular formula is C12H18O2. The van der Waals surface area contributed by atoms with Crippen LogP contribution in [0.15, 0.2) is 30.3 Å². The van der Waals surface area contributed by atoms with Crippen LogP contribution in [0.2, 0.25) is 0 Å². The van der Waals surface area contributed by atoms with Crippen molar-refractivity contribution in [1.29, 1.82) is 0 Å². The molecule has 2 nitrogen and oxygen atoms in total. The minimum absolute atomic E-state index is 0.266. The second-order valence-electron chi connectivity index (χ2n) is 3.71. The first-order valence-electron chi connectivity index (χ1n) is 5.11. The van der Waals surface area contributed by atoms with Crippen molar-refractivity contribution in [1.82, 2.24) is 0 Å². The standard InChI is InChI=1S/C12H18O2/c1-10(13)6-5-9-12(14)11-7-3-2-4-8-11/h2-4,7-8,10,12-14H,5-6,9H2,1H3/t10-,12+/m0/s1. The molecule has 0 saturated heterocycles. The molecule has 0 aliphatic rings. The Hall–Kier alpha value is -0.860. The number of rotatable bonds is 5. The van der Waals surface area contributed by atoms with E-state index in [1.807, 2.05) is 30.3 Å². The zero-order valence-corrected chi connectivity index (χ0v) is 8.56. The topological polar surface area (TPSA) is 40.5 Å². The lowest BCUT2D eigenvalue weighted by Crippen LogP contribution is -2.02. The zero-order valence-electron chi connectivity index (χ0n) is 8.56. The molecule has 0 aliphatic heterocycles. The van der Waals surface area contributed by atoms with Crippen LogP contribution >= 0.6 is 0 Å². The average molecular weight is 194 g/mol. The van der Waals surface area contributed by atoms with Crippen molar-refractivity contribution < 1.29 is 10.2 Å². The molecule has 0 aromatic heterocycles. The molecule has 1 aromatic carbocycles. The van der Waals surface area contributed by atoms with E-state index in [4.69, 9.17) is 5.11 Å². The molecular weight excluding hydrogens is 176 g/mol. The van der Waals surface area contributed by atoms with E-state index >= 15 is 0 Å².